The van der Waals surface area contributed by atoms with E-state index in [9.17, 15) is 0 Å². The van der Waals surface area contributed by atoms with Gasteiger partial charge in [-0.15, -0.1) is 0 Å². The van der Waals surface area contributed by atoms with Gasteiger partial charge in [0, 0.05) is 12.7 Å². The summed E-state index contributed by atoms with van der Waals surface area (Å²) < 4.78 is 5.33. The van der Waals surface area contributed by atoms with Gasteiger partial charge in [-0.3, -0.25) is 0 Å². The Labute approximate surface area is 101 Å². The minimum Gasteiger partial charge on any atom is -0.467 e. The molecule has 90 valence electrons. The zero-order valence-corrected chi connectivity index (χ0v) is 10.2. The molecule has 0 aliphatic carbocycles. The van der Waals surface area contributed by atoms with Gasteiger partial charge in [-0.2, -0.15) is 0 Å². The van der Waals surface area contributed by atoms with Crippen LogP contribution >= 0.6 is 0 Å². The van der Waals surface area contributed by atoms with Gasteiger partial charge >= 0.3 is 0 Å². The van der Waals surface area contributed by atoms with Crippen molar-refractivity contribution in [1.29, 1.82) is 0 Å². The standard InChI is InChI=1S/C14H17NO2/c1-11-8-12(10-16)5-6-14(11)15(2)9-13-4-3-7-17-13/h3-8,16H,9-10H2,1-2H3. The first kappa shape index (κ1) is 11.7. The van der Waals surface area contributed by atoms with Gasteiger partial charge in [0.1, 0.15) is 5.76 Å². The Hall–Kier alpha value is -1.74. The highest BCUT2D eigenvalue weighted by Crippen LogP contribution is 2.22. The van der Waals surface area contributed by atoms with Gasteiger partial charge < -0.3 is 14.4 Å². The first-order valence-corrected chi connectivity index (χ1v) is 5.64. The van der Waals surface area contributed by atoms with Gasteiger partial charge in [0.15, 0.2) is 0 Å². The van der Waals surface area contributed by atoms with Crippen molar-refractivity contribution >= 4 is 5.69 Å². The van der Waals surface area contributed by atoms with Gasteiger partial charge in [-0.1, -0.05) is 12.1 Å². The van der Waals surface area contributed by atoms with E-state index in [-0.39, 0.29) is 6.61 Å². The Balaban J connectivity index is 2.16. The molecule has 0 radical (unpaired) electrons. The summed E-state index contributed by atoms with van der Waals surface area (Å²) in [4.78, 5) is 2.13. The van der Waals surface area contributed by atoms with Crippen LogP contribution in [0.2, 0.25) is 0 Å². The van der Waals surface area contributed by atoms with E-state index in [0.717, 1.165) is 29.1 Å². The van der Waals surface area contributed by atoms with E-state index in [4.69, 9.17) is 9.52 Å². The Morgan fingerprint density at radius 3 is 2.71 bits per heavy atom. The third kappa shape index (κ3) is 2.68. The number of hydrogen-bond acceptors (Lipinski definition) is 3. The zero-order chi connectivity index (χ0) is 12.3. The quantitative estimate of drug-likeness (QED) is 0.879. The predicted molar refractivity (Wildman–Crippen MR) is 67.9 cm³/mol. The topological polar surface area (TPSA) is 36.6 Å². The molecule has 0 saturated heterocycles. The van der Waals surface area contributed by atoms with E-state index < -0.39 is 0 Å². The van der Waals surface area contributed by atoms with Crippen molar-refractivity contribution in [3.05, 3.63) is 53.5 Å². The van der Waals surface area contributed by atoms with Crippen molar-refractivity contribution in [2.75, 3.05) is 11.9 Å². The summed E-state index contributed by atoms with van der Waals surface area (Å²) >= 11 is 0. The summed E-state index contributed by atoms with van der Waals surface area (Å²) in [5.74, 6) is 0.943. The number of aryl methyl sites for hydroxylation is 1. The van der Waals surface area contributed by atoms with Gasteiger partial charge in [0.25, 0.3) is 0 Å². The summed E-state index contributed by atoms with van der Waals surface area (Å²) in [5, 5.41) is 9.07. The number of aliphatic hydroxyl groups is 1. The lowest BCUT2D eigenvalue weighted by Crippen LogP contribution is -2.17. The second-order valence-electron chi connectivity index (χ2n) is 4.21. The second-order valence-corrected chi connectivity index (χ2v) is 4.21. The smallest absolute Gasteiger partial charge is 0.123 e. The fraction of sp³-hybridized carbons (Fsp3) is 0.286. The van der Waals surface area contributed by atoms with Crippen LogP contribution in [-0.2, 0) is 13.2 Å². The first-order chi connectivity index (χ1) is 8.20. The molecule has 0 aliphatic heterocycles. The van der Waals surface area contributed by atoms with Crippen LogP contribution in [-0.4, -0.2) is 12.2 Å². The molecule has 0 unspecified atom stereocenters. The van der Waals surface area contributed by atoms with Gasteiger partial charge in [-0.05, 0) is 36.2 Å². The van der Waals surface area contributed by atoms with Crippen molar-refractivity contribution in [3.8, 4) is 0 Å². The molecule has 17 heavy (non-hydrogen) atoms. The van der Waals surface area contributed by atoms with Gasteiger partial charge in [-0.25, -0.2) is 0 Å². The lowest BCUT2D eigenvalue weighted by atomic mass is 10.1. The monoisotopic (exact) mass is 231 g/mol. The average Bonchev–Trinajstić information content (AvgIpc) is 2.81. The SMILES string of the molecule is Cc1cc(CO)ccc1N(C)Cc1ccco1. The first-order valence-electron chi connectivity index (χ1n) is 5.64. The Morgan fingerprint density at radius 1 is 1.29 bits per heavy atom. The third-order valence-electron chi connectivity index (χ3n) is 2.83. The summed E-state index contributed by atoms with van der Waals surface area (Å²) in [6.07, 6.45) is 1.69. The summed E-state index contributed by atoms with van der Waals surface area (Å²) in [6.45, 7) is 2.88. The highest BCUT2D eigenvalue weighted by Gasteiger charge is 2.07. The van der Waals surface area contributed by atoms with Crippen molar-refractivity contribution in [3.63, 3.8) is 0 Å². The number of rotatable bonds is 4. The van der Waals surface area contributed by atoms with E-state index in [1.54, 1.807) is 6.26 Å². The van der Waals surface area contributed by atoms with Crippen molar-refractivity contribution in [1.82, 2.24) is 0 Å². The maximum absolute atomic E-state index is 9.07. The number of hydrogen-bond donors (Lipinski definition) is 1. The molecule has 0 amide bonds. The summed E-state index contributed by atoms with van der Waals surface area (Å²) in [5.41, 5.74) is 3.25. The van der Waals surface area contributed by atoms with E-state index in [2.05, 4.69) is 4.90 Å². The van der Waals surface area contributed by atoms with Crippen LogP contribution in [0.4, 0.5) is 5.69 Å². The Morgan fingerprint density at radius 2 is 2.12 bits per heavy atom. The molecule has 1 aromatic carbocycles. The van der Waals surface area contributed by atoms with Crippen molar-refractivity contribution < 1.29 is 9.52 Å². The molecular formula is C14H17NO2. The van der Waals surface area contributed by atoms with Crippen molar-refractivity contribution in [2.45, 2.75) is 20.1 Å². The molecular weight excluding hydrogens is 214 g/mol. The molecule has 0 saturated carbocycles. The zero-order valence-electron chi connectivity index (χ0n) is 10.2. The highest BCUT2D eigenvalue weighted by atomic mass is 16.3. The molecule has 0 atom stereocenters. The van der Waals surface area contributed by atoms with E-state index in [0.29, 0.717) is 0 Å². The lowest BCUT2D eigenvalue weighted by molar-refractivity contribution is 0.282. The molecule has 0 aliphatic rings. The minimum atomic E-state index is 0.0863. The number of furan rings is 1. The number of anilines is 1. The lowest BCUT2D eigenvalue weighted by Gasteiger charge is -2.20. The number of aliphatic hydroxyl groups excluding tert-OH is 1. The van der Waals surface area contributed by atoms with Crippen LogP contribution < -0.4 is 4.90 Å². The second kappa shape index (κ2) is 5.06. The minimum absolute atomic E-state index is 0.0863. The molecule has 0 spiro atoms. The number of benzene rings is 1. The molecule has 1 heterocycles. The van der Waals surface area contributed by atoms with Gasteiger partial charge in [0.05, 0.1) is 19.4 Å². The van der Waals surface area contributed by atoms with E-state index in [1.807, 2.05) is 44.3 Å². The maximum Gasteiger partial charge on any atom is 0.123 e. The fourth-order valence-electron chi connectivity index (χ4n) is 1.97. The molecule has 1 N–H and O–H groups in total. The molecule has 2 rings (SSSR count). The van der Waals surface area contributed by atoms with Gasteiger partial charge in [0.2, 0.25) is 0 Å². The fourth-order valence-corrected chi connectivity index (χ4v) is 1.97. The van der Waals surface area contributed by atoms with Crippen molar-refractivity contribution in [2.24, 2.45) is 0 Å². The normalized spacial score (nSPS) is 10.5. The summed E-state index contributed by atoms with van der Waals surface area (Å²) in [7, 11) is 2.03. The van der Waals surface area contributed by atoms with Crippen LogP contribution in [0.15, 0.2) is 41.0 Å². The third-order valence-corrected chi connectivity index (χ3v) is 2.83. The molecule has 3 heteroatoms. The van der Waals surface area contributed by atoms with Crippen LogP contribution in [0.5, 0.6) is 0 Å². The van der Waals surface area contributed by atoms with Crippen LogP contribution in [0, 0.1) is 6.92 Å². The molecule has 3 nitrogen and oxygen atoms in total. The maximum atomic E-state index is 9.07. The Kier molecular flexibility index (Phi) is 3.49. The molecule has 0 bridgehead atoms. The van der Waals surface area contributed by atoms with Crippen LogP contribution in [0.3, 0.4) is 0 Å². The van der Waals surface area contributed by atoms with Crippen LogP contribution in [0.1, 0.15) is 16.9 Å². The molecule has 2 aromatic rings. The highest BCUT2D eigenvalue weighted by molar-refractivity contribution is 5.53. The summed E-state index contributed by atoms with van der Waals surface area (Å²) in [6, 6.07) is 9.84. The Bertz CT molecular complexity index is 477. The average molecular weight is 231 g/mol. The van der Waals surface area contributed by atoms with E-state index >= 15 is 0 Å². The molecule has 1 aromatic heterocycles. The predicted octanol–water partition coefficient (Wildman–Crippen LogP) is 2.72. The van der Waals surface area contributed by atoms with Crippen LogP contribution in [0.25, 0.3) is 0 Å². The molecule has 0 fully saturated rings. The van der Waals surface area contributed by atoms with E-state index in [1.165, 1.54) is 0 Å². The number of nitrogens with zero attached hydrogens (tertiary/aromatic N) is 1. The largest absolute Gasteiger partial charge is 0.467 e.